The minimum absolute atomic E-state index is 1.07. The Morgan fingerprint density at radius 1 is 1.24 bits per heavy atom. The number of fused-ring (bicyclic) bond motifs is 1. The van der Waals surface area contributed by atoms with Gasteiger partial charge in [0, 0.05) is 17.3 Å². The van der Waals surface area contributed by atoms with Crippen LogP contribution in [0.5, 0.6) is 0 Å². The number of nitrogens with zero attached hydrogens (tertiary/aromatic N) is 1. The molecule has 0 saturated heterocycles. The summed E-state index contributed by atoms with van der Waals surface area (Å²) >= 11 is 0. The summed E-state index contributed by atoms with van der Waals surface area (Å²) in [5.41, 5.74) is 1.22. The largest absolute Gasteiger partial charge is 0.288 e. The lowest BCUT2D eigenvalue weighted by Gasteiger charge is -2.02. The maximum absolute atomic E-state index is 8.59. The van der Waals surface area contributed by atoms with Crippen molar-refractivity contribution in [2.24, 2.45) is 0 Å². The number of rotatable bonds is 2. The molecule has 0 amide bonds. The molecule has 0 unspecified atom stereocenters. The van der Waals surface area contributed by atoms with Gasteiger partial charge in [0.25, 0.3) is 11.0 Å². The molecule has 0 aliphatic rings. The molecule has 0 aliphatic heterocycles. The molecule has 0 saturated carbocycles. The van der Waals surface area contributed by atoms with E-state index >= 15 is 0 Å². The molecule has 0 bridgehead atoms. The van der Waals surface area contributed by atoms with Gasteiger partial charge in [-0.25, -0.2) is 8.42 Å². The van der Waals surface area contributed by atoms with Gasteiger partial charge in [0.1, 0.15) is 0 Å². The Labute approximate surface area is 102 Å². The van der Waals surface area contributed by atoms with Crippen molar-refractivity contribution in [3.05, 3.63) is 42.2 Å². The quantitative estimate of drug-likeness (QED) is 0.636. The maximum atomic E-state index is 8.59. The van der Waals surface area contributed by atoms with Gasteiger partial charge >= 0.3 is 0 Å². The van der Waals surface area contributed by atoms with Crippen molar-refractivity contribution in [1.82, 2.24) is 4.98 Å². The van der Waals surface area contributed by atoms with Crippen molar-refractivity contribution in [3.63, 3.8) is 0 Å². The number of pyridine rings is 1. The third-order valence-electron chi connectivity index (χ3n) is 2.24. The summed E-state index contributed by atoms with van der Waals surface area (Å²) in [5, 5.41) is 2.59. The van der Waals surface area contributed by atoms with Crippen LogP contribution in [0.1, 0.15) is 19.0 Å². The van der Waals surface area contributed by atoms with Crippen LogP contribution in [0, 0.1) is 0 Å². The first-order chi connectivity index (χ1) is 8.15. The Morgan fingerprint density at radius 3 is 2.53 bits per heavy atom. The first kappa shape index (κ1) is 13.6. The van der Waals surface area contributed by atoms with E-state index in [4.69, 9.17) is 13.0 Å². The monoisotopic (exact) mass is 253 g/mol. The molecule has 2 rings (SSSR count). The summed E-state index contributed by atoms with van der Waals surface area (Å²) in [7, 11) is -3.12. The van der Waals surface area contributed by atoms with Crippen LogP contribution in [-0.4, -0.2) is 18.0 Å². The SMILES string of the molecule is CCCc1nccc2ccccc12.O=[SH](=O)O. The first-order valence-electron chi connectivity index (χ1n) is 5.31. The highest BCUT2D eigenvalue weighted by Gasteiger charge is 1.98. The second-order valence-electron chi connectivity index (χ2n) is 3.47. The molecule has 5 heteroatoms. The molecule has 0 radical (unpaired) electrons. The lowest BCUT2D eigenvalue weighted by atomic mass is 10.1. The fraction of sp³-hybridized carbons (Fsp3) is 0.250. The fourth-order valence-corrected chi connectivity index (χ4v) is 1.62. The summed E-state index contributed by atoms with van der Waals surface area (Å²) in [5.74, 6) is 0. The molecule has 92 valence electrons. The standard InChI is InChI=1S/C12H13N.H2O3S/c1-2-5-12-11-7-4-3-6-10(11)8-9-13-12;1-4(2)3/h3-4,6-9H,2,5H2,1H3;4H,(H,1,2,3). The molecule has 0 aliphatic carbocycles. The van der Waals surface area contributed by atoms with Crippen LogP contribution in [0.15, 0.2) is 36.5 Å². The average molecular weight is 253 g/mol. The van der Waals surface area contributed by atoms with Gasteiger partial charge in [0.2, 0.25) is 0 Å². The molecule has 0 spiro atoms. The van der Waals surface area contributed by atoms with Crippen molar-refractivity contribution >= 4 is 21.8 Å². The topological polar surface area (TPSA) is 67.3 Å². The van der Waals surface area contributed by atoms with Crippen molar-refractivity contribution < 1.29 is 13.0 Å². The van der Waals surface area contributed by atoms with E-state index < -0.39 is 11.0 Å². The van der Waals surface area contributed by atoms with E-state index in [0.29, 0.717) is 0 Å². The second-order valence-corrected chi connectivity index (χ2v) is 3.94. The zero-order chi connectivity index (χ0) is 12.7. The summed E-state index contributed by atoms with van der Waals surface area (Å²) in [4.78, 5) is 4.40. The van der Waals surface area contributed by atoms with E-state index in [1.54, 1.807) is 0 Å². The molecule has 0 atom stereocenters. The van der Waals surface area contributed by atoms with Gasteiger partial charge in [-0.2, -0.15) is 0 Å². The highest BCUT2D eigenvalue weighted by molar-refractivity contribution is 7.66. The number of aromatic nitrogens is 1. The Hall–Kier alpha value is -1.46. The van der Waals surface area contributed by atoms with Crippen LogP contribution in [-0.2, 0) is 17.4 Å². The van der Waals surface area contributed by atoms with Gasteiger partial charge < -0.3 is 0 Å². The average Bonchev–Trinajstić information content (AvgIpc) is 2.29. The van der Waals surface area contributed by atoms with Gasteiger partial charge in [-0.15, -0.1) is 0 Å². The van der Waals surface area contributed by atoms with E-state index in [2.05, 4.69) is 42.2 Å². The second kappa shape index (κ2) is 6.98. The zero-order valence-corrected chi connectivity index (χ0v) is 10.4. The Bertz CT molecular complexity index is 539. The summed E-state index contributed by atoms with van der Waals surface area (Å²) in [6.07, 6.45) is 4.12. The van der Waals surface area contributed by atoms with Crippen LogP contribution in [0.4, 0.5) is 0 Å². The fourth-order valence-electron chi connectivity index (χ4n) is 1.62. The lowest BCUT2D eigenvalue weighted by molar-refractivity contribution is 0.509. The van der Waals surface area contributed by atoms with Crippen molar-refractivity contribution in [2.75, 3.05) is 0 Å². The molecule has 17 heavy (non-hydrogen) atoms. The van der Waals surface area contributed by atoms with Crippen LogP contribution in [0.3, 0.4) is 0 Å². The van der Waals surface area contributed by atoms with Crippen molar-refractivity contribution in [2.45, 2.75) is 19.8 Å². The summed E-state index contributed by atoms with van der Waals surface area (Å²) < 4.78 is 24.2. The van der Waals surface area contributed by atoms with E-state index in [1.165, 1.54) is 16.5 Å². The molecule has 1 heterocycles. The van der Waals surface area contributed by atoms with Gasteiger partial charge in [0.15, 0.2) is 0 Å². The zero-order valence-electron chi connectivity index (χ0n) is 9.54. The van der Waals surface area contributed by atoms with Crippen LogP contribution in [0.2, 0.25) is 0 Å². The van der Waals surface area contributed by atoms with Gasteiger partial charge in [-0.1, -0.05) is 37.6 Å². The van der Waals surface area contributed by atoms with E-state index in [0.717, 1.165) is 12.8 Å². The Morgan fingerprint density at radius 2 is 1.88 bits per heavy atom. The molecular weight excluding hydrogens is 238 g/mol. The number of hydrogen-bond donors (Lipinski definition) is 2. The normalized spacial score (nSPS) is 10.1. The number of benzene rings is 1. The molecule has 1 aromatic carbocycles. The molecule has 1 aromatic heterocycles. The summed E-state index contributed by atoms with van der Waals surface area (Å²) in [6.45, 7) is 2.18. The smallest absolute Gasteiger partial charge is 0.254 e. The number of hydrogen-bond acceptors (Lipinski definition) is 3. The van der Waals surface area contributed by atoms with Crippen LogP contribution < -0.4 is 0 Å². The Balaban J connectivity index is 0.000000317. The Kier molecular flexibility index (Phi) is 5.59. The minimum Gasteiger partial charge on any atom is -0.288 e. The van der Waals surface area contributed by atoms with Crippen LogP contribution >= 0.6 is 0 Å². The lowest BCUT2D eigenvalue weighted by Crippen LogP contribution is -1.89. The maximum Gasteiger partial charge on any atom is 0.254 e. The number of aryl methyl sites for hydroxylation is 1. The predicted octanol–water partition coefficient (Wildman–Crippen LogP) is 2.26. The van der Waals surface area contributed by atoms with Gasteiger partial charge in [-0.3, -0.25) is 9.54 Å². The van der Waals surface area contributed by atoms with E-state index in [1.807, 2.05) is 6.20 Å². The predicted molar refractivity (Wildman–Crippen MR) is 68.7 cm³/mol. The van der Waals surface area contributed by atoms with E-state index in [-0.39, 0.29) is 0 Å². The molecule has 4 nitrogen and oxygen atoms in total. The van der Waals surface area contributed by atoms with Crippen LogP contribution in [0.25, 0.3) is 10.8 Å². The summed E-state index contributed by atoms with van der Waals surface area (Å²) in [6, 6.07) is 10.5. The molecular formula is C12H15NO3S. The third kappa shape index (κ3) is 4.50. The van der Waals surface area contributed by atoms with Gasteiger partial charge in [-0.05, 0) is 17.9 Å². The van der Waals surface area contributed by atoms with Crippen molar-refractivity contribution in [3.8, 4) is 0 Å². The highest BCUT2D eigenvalue weighted by atomic mass is 32.2. The van der Waals surface area contributed by atoms with Gasteiger partial charge in [0.05, 0.1) is 0 Å². The third-order valence-corrected chi connectivity index (χ3v) is 2.24. The number of thiol groups is 1. The first-order valence-corrected chi connectivity index (χ1v) is 6.44. The molecule has 0 fully saturated rings. The minimum atomic E-state index is -3.12. The van der Waals surface area contributed by atoms with Crippen molar-refractivity contribution in [1.29, 1.82) is 0 Å². The van der Waals surface area contributed by atoms with E-state index in [9.17, 15) is 0 Å². The highest BCUT2D eigenvalue weighted by Crippen LogP contribution is 2.16. The molecule has 2 aromatic rings. The molecule has 1 N–H and O–H groups in total.